The average molecular weight is 512 g/mol. The monoisotopic (exact) mass is 511 g/mol. The molecule has 1 unspecified atom stereocenters. The molecule has 0 aliphatic carbocycles. The smallest absolute Gasteiger partial charge is 0.314 e. The summed E-state index contributed by atoms with van der Waals surface area (Å²) in [6.07, 6.45) is 5.59. The first-order chi connectivity index (χ1) is 17.1. The zero-order valence-corrected chi connectivity index (χ0v) is 22.8. The van der Waals surface area contributed by atoms with Crippen LogP contribution in [0.4, 0.5) is 11.5 Å². The standard InChI is InChI=1S/C25H37N7O3Si/c1-6-18(2)15-31(16-19-9-7-8-10-27-19)25(34)24(33)30-21-14-28-23(26)20-13-29-32(22(20)21)17-35-11-12-36(3,4)5/h7-10,13-14,18H,6,11-12,15-17H2,1-5H3,(H2,26,28)(H,30,33). The third-order valence-electron chi connectivity index (χ3n) is 5.95. The van der Waals surface area contributed by atoms with Crippen molar-refractivity contribution in [2.45, 2.75) is 59.2 Å². The number of fused-ring (bicyclic) bond motifs is 1. The molecule has 36 heavy (non-hydrogen) atoms. The highest BCUT2D eigenvalue weighted by Gasteiger charge is 2.25. The van der Waals surface area contributed by atoms with Crippen LogP contribution in [0.15, 0.2) is 36.8 Å². The Morgan fingerprint density at radius 3 is 2.67 bits per heavy atom. The van der Waals surface area contributed by atoms with Gasteiger partial charge in [-0.05, 0) is 24.1 Å². The summed E-state index contributed by atoms with van der Waals surface area (Å²) >= 11 is 0. The van der Waals surface area contributed by atoms with E-state index in [-0.39, 0.29) is 25.0 Å². The molecule has 0 aliphatic rings. The molecule has 0 saturated heterocycles. The number of anilines is 2. The van der Waals surface area contributed by atoms with Crippen molar-refractivity contribution in [2.75, 3.05) is 24.2 Å². The van der Waals surface area contributed by atoms with Crippen LogP contribution in [0.3, 0.4) is 0 Å². The number of hydrogen-bond acceptors (Lipinski definition) is 7. The van der Waals surface area contributed by atoms with Crippen LogP contribution in [0, 0.1) is 5.92 Å². The number of hydrogen-bond donors (Lipinski definition) is 2. The predicted octanol–water partition coefficient (Wildman–Crippen LogP) is 3.73. The number of nitrogens with two attached hydrogens (primary N) is 1. The molecular weight excluding hydrogens is 474 g/mol. The minimum atomic E-state index is -1.23. The lowest BCUT2D eigenvalue weighted by atomic mass is 10.1. The lowest BCUT2D eigenvalue weighted by Crippen LogP contribution is -2.41. The molecule has 10 nitrogen and oxygen atoms in total. The summed E-state index contributed by atoms with van der Waals surface area (Å²) in [5.74, 6) is -0.876. The summed E-state index contributed by atoms with van der Waals surface area (Å²) in [6, 6.07) is 6.53. The summed E-state index contributed by atoms with van der Waals surface area (Å²) in [5, 5.41) is 7.69. The first-order valence-electron chi connectivity index (χ1n) is 12.3. The predicted molar refractivity (Wildman–Crippen MR) is 144 cm³/mol. The number of nitrogens with one attached hydrogen (secondary N) is 1. The number of ether oxygens (including phenoxy) is 1. The molecule has 2 amide bonds. The van der Waals surface area contributed by atoms with Gasteiger partial charge in [-0.15, -0.1) is 0 Å². The Hall–Kier alpha value is -3.31. The van der Waals surface area contributed by atoms with Crippen LogP contribution >= 0.6 is 0 Å². The molecule has 0 spiro atoms. The van der Waals surface area contributed by atoms with E-state index in [4.69, 9.17) is 10.5 Å². The summed E-state index contributed by atoms with van der Waals surface area (Å²) < 4.78 is 7.48. The van der Waals surface area contributed by atoms with Gasteiger partial charge in [0, 0.05) is 27.4 Å². The maximum atomic E-state index is 13.2. The SMILES string of the molecule is CCC(C)CN(Cc1ccccn1)C(=O)C(=O)Nc1cnc(N)c2cnn(COCC[Si](C)(C)C)c12. The van der Waals surface area contributed by atoms with E-state index in [0.717, 1.165) is 12.5 Å². The average Bonchev–Trinajstić information content (AvgIpc) is 3.27. The van der Waals surface area contributed by atoms with Gasteiger partial charge in [0.05, 0.1) is 41.2 Å². The van der Waals surface area contributed by atoms with Gasteiger partial charge in [-0.1, -0.05) is 46.0 Å². The summed E-state index contributed by atoms with van der Waals surface area (Å²) in [4.78, 5) is 36.4. The van der Waals surface area contributed by atoms with Crippen molar-refractivity contribution in [3.63, 3.8) is 0 Å². The molecule has 3 heterocycles. The fourth-order valence-electron chi connectivity index (χ4n) is 3.57. The molecule has 3 N–H and O–H groups in total. The molecule has 11 heteroatoms. The van der Waals surface area contributed by atoms with Crippen LogP contribution < -0.4 is 11.1 Å². The van der Waals surface area contributed by atoms with E-state index in [1.54, 1.807) is 17.1 Å². The van der Waals surface area contributed by atoms with Crippen molar-refractivity contribution >= 4 is 42.3 Å². The molecular formula is C25H37N7O3Si. The molecule has 0 fully saturated rings. The van der Waals surface area contributed by atoms with Crippen LogP contribution in [0.5, 0.6) is 0 Å². The van der Waals surface area contributed by atoms with Gasteiger partial charge in [0.15, 0.2) is 0 Å². The van der Waals surface area contributed by atoms with Gasteiger partial charge in [0.25, 0.3) is 0 Å². The highest BCUT2D eigenvalue weighted by Crippen LogP contribution is 2.26. The van der Waals surface area contributed by atoms with Crippen LogP contribution in [-0.4, -0.2) is 57.7 Å². The first-order valence-corrected chi connectivity index (χ1v) is 16.0. The Bertz CT molecular complexity index is 1180. The summed E-state index contributed by atoms with van der Waals surface area (Å²) in [7, 11) is -1.23. The molecule has 3 rings (SSSR count). The van der Waals surface area contributed by atoms with Gasteiger partial charge >= 0.3 is 11.8 Å². The number of nitrogen functional groups attached to an aromatic ring is 1. The van der Waals surface area contributed by atoms with E-state index in [0.29, 0.717) is 35.4 Å². The highest BCUT2D eigenvalue weighted by molar-refractivity contribution is 6.76. The van der Waals surface area contributed by atoms with E-state index >= 15 is 0 Å². The van der Waals surface area contributed by atoms with Crippen molar-refractivity contribution in [1.29, 1.82) is 0 Å². The Kier molecular flexibility index (Phi) is 9.16. The molecule has 1 atom stereocenters. The molecule has 3 aromatic rings. The number of pyridine rings is 2. The fraction of sp³-hybridized carbons (Fsp3) is 0.480. The lowest BCUT2D eigenvalue weighted by Gasteiger charge is -2.24. The van der Waals surface area contributed by atoms with Crippen molar-refractivity contribution in [3.8, 4) is 0 Å². The third kappa shape index (κ3) is 7.34. The number of carbonyl (C=O) groups is 2. The quantitative estimate of drug-likeness (QED) is 0.228. The molecule has 3 aromatic heterocycles. The molecule has 194 valence electrons. The molecule has 0 aromatic carbocycles. The van der Waals surface area contributed by atoms with Gasteiger partial charge in [-0.25, -0.2) is 9.67 Å². The van der Waals surface area contributed by atoms with Crippen molar-refractivity contribution in [2.24, 2.45) is 5.92 Å². The Morgan fingerprint density at radius 2 is 2.00 bits per heavy atom. The van der Waals surface area contributed by atoms with Gasteiger partial charge in [0.1, 0.15) is 12.5 Å². The third-order valence-corrected chi connectivity index (χ3v) is 7.66. The van der Waals surface area contributed by atoms with Crippen LogP contribution in [-0.2, 0) is 27.6 Å². The molecule has 0 saturated carbocycles. The first kappa shape index (κ1) is 27.3. The normalized spacial score (nSPS) is 12.5. The molecule has 0 radical (unpaired) electrons. The summed E-state index contributed by atoms with van der Waals surface area (Å²) in [5.41, 5.74) is 7.68. The van der Waals surface area contributed by atoms with Crippen molar-refractivity contribution in [1.82, 2.24) is 24.6 Å². The topological polar surface area (TPSA) is 128 Å². The number of carbonyl (C=O) groups excluding carboxylic acids is 2. The Balaban J connectivity index is 1.79. The lowest BCUT2D eigenvalue weighted by molar-refractivity contribution is -0.144. The van der Waals surface area contributed by atoms with Gasteiger partial charge in [-0.3, -0.25) is 14.6 Å². The second kappa shape index (κ2) is 12.1. The van der Waals surface area contributed by atoms with E-state index in [1.165, 1.54) is 11.1 Å². The van der Waals surface area contributed by atoms with Crippen LogP contribution in [0.1, 0.15) is 26.0 Å². The van der Waals surface area contributed by atoms with E-state index < -0.39 is 19.9 Å². The minimum Gasteiger partial charge on any atom is -0.383 e. The van der Waals surface area contributed by atoms with Gasteiger partial charge in [0.2, 0.25) is 0 Å². The van der Waals surface area contributed by atoms with Crippen molar-refractivity contribution in [3.05, 3.63) is 42.5 Å². The maximum Gasteiger partial charge on any atom is 0.314 e. The number of rotatable bonds is 11. The maximum absolute atomic E-state index is 13.2. The second-order valence-corrected chi connectivity index (χ2v) is 15.9. The van der Waals surface area contributed by atoms with Crippen LogP contribution in [0.25, 0.3) is 10.9 Å². The molecule has 0 bridgehead atoms. The second-order valence-electron chi connectivity index (χ2n) is 10.3. The number of amides is 2. The largest absolute Gasteiger partial charge is 0.383 e. The minimum absolute atomic E-state index is 0.202. The van der Waals surface area contributed by atoms with E-state index in [9.17, 15) is 9.59 Å². The number of nitrogens with zero attached hydrogens (tertiary/aromatic N) is 5. The zero-order chi connectivity index (χ0) is 26.3. The summed E-state index contributed by atoms with van der Waals surface area (Å²) in [6.45, 7) is 12.5. The van der Waals surface area contributed by atoms with Gasteiger partial charge in [-0.2, -0.15) is 5.10 Å². The molecule has 0 aliphatic heterocycles. The van der Waals surface area contributed by atoms with Gasteiger partial charge < -0.3 is 20.7 Å². The Morgan fingerprint density at radius 1 is 1.22 bits per heavy atom. The van der Waals surface area contributed by atoms with Crippen LogP contribution in [0.2, 0.25) is 25.7 Å². The fourth-order valence-corrected chi connectivity index (χ4v) is 4.33. The van der Waals surface area contributed by atoms with E-state index in [1.807, 2.05) is 25.1 Å². The Labute approximate surface area is 213 Å². The highest BCUT2D eigenvalue weighted by atomic mass is 28.3. The van der Waals surface area contributed by atoms with E-state index in [2.05, 4.69) is 46.9 Å². The van der Waals surface area contributed by atoms with Crippen molar-refractivity contribution < 1.29 is 14.3 Å². The number of aromatic nitrogens is 4. The zero-order valence-electron chi connectivity index (χ0n) is 21.8.